The molecule has 7 heteroatoms. The van der Waals surface area contributed by atoms with E-state index in [9.17, 15) is 9.90 Å². The quantitative estimate of drug-likeness (QED) is 0.581. The number of nitrogens with one attached hydrogen (secondary N) is 2. The van der Waals surface area contributed by atoms with Crippen LogP contribution in [0.1, 0.15) is 28.4 Å². The van der Waals surface area contributed by atoms with Gasteiger partial charge in [-0.05, 0) is 37.3 Å². The zero-order valence-corrected chi connectivity index (χ0v) is 18.3. The van der Waals surface area contributed by atoms with E-state index in [1.807, 2.05) is 6.07 Å². The van der Waals surface area contributed by atoms with Crippen LogP contribution in [0.3, 0.4) is 0 Å². The number of ketones is 1. The number of ether oxygens (including phenoxy) is 3. The number of allylic oxidation sites excluding steroid dienone is 1. The molecule has 0 aliphatic carbocycles. The molecule has 31 heavy (non-hydrogen) atoms. The Labute approximate surface area is 182 Å². The predicted molar refractivity (Wildman–Crippen MR) is 116 cm³/mol. The van der Waals surface area contributed by atoms with Crippen molar-refractivity contribution in [2.45, 2.75) is 13.5 Å². The number of carbonyl (C=O) groups is 1. The molecule has 0 bridgehead atoms. The van der Waals surface area contributed by atoms with Gasteiger partial charge in [-0.15, -0.1) is 0 Å². The van der Waals surface area contributed by atoms with Crippen LogP contribution in [0.15, 0.2) is 36.1 Å². The number of quaternary nitrogens is 2. The maximum absolute atomic E-state index is 13.0. The van der Waals surface area contributed by atoms with Crippen LogP contribution in [0.4, 0.5) is 0 Å². The number of phenols is 1. The first-order chi connectivity index (χ1) is 15.0. The smallest absolute Gasteiger partial charge is 0.231 e. The maximum atomic E-state index is 13.0. The summed E-state index contributed by atoms with van der Waals surface area (Å²) in [6.07, 6.45) is 1.68. The summed E-state index contributed by atoms with van der Waals surface area (Å²) in [7, 11) is 3.16. The first-order valence-electron chi connectivity index (χ1n) is 10.7. The Morgan fingerprint density at radius 3 is 2.48 bits per heavy atom. The van der Waals surface area contributed by atoms with Gasteiger partial charge in [0, 0.05) is 11.6 Å². The molecule has 7 nitrogen and oxygen atoms in total. The second kappa shape index (κ2) is 8.99. The molecule has 1 fully saturated rings. The fourth-order valence-electron chi connectivity index (χ4n) is 4.28. The predicted octanol–water partition coefficient (Wildman–Crippen LogP) is 0.329. The van der Waals surface area contributed by atoms with Crippen molar-refractivity contribution in [3.8, 4) is 23.0 Å². The first kappa shape index (κ1) is 21.2. The van der Waals surface area contributed by atoms with Crippen molar-refractivity contribution >= 4 is 11.9 Å². The SMILES string of the molecule is CC[NH+]1CC[NH+](Cc2c(O)ccc3c2O/C(=C\c2ccc(OC)cc2OC)C3=O)CC1. The Morgan fingerprint density at radius 1 is 1.06 bits per heavy atom. The summed E-state index contributed by atoms with van der Waals surface area (Å²) in [6, 6.07) is 8.62. The summed E-state index contributed by atoms with van der Waals surface area (Å²) in [5.74, 6) is 1.93. The Bertz CT molecular complexity index is 1010. The summed E-state index contributed by atoms with van der Waals surface area (Å²) < 4.78 is 16.7. The van der Waals surface area contributed by atoms with E-state index in [1.165, 1.54) is 4.90 Å². The number of rotatable bonds is 6. The van der Waals surface area contributed by atoms with Crippen LogP contribution in [-0.2, 0) is 6.54 Å². The van der Waals surface area contributed by atoms with Crippen molar-refractivity contribution in [1.29, 1.82) is 0 Å². The van der Waals surface area contributed by atoms with Gasteiger partial charge in [0.1, 0.15) is 50.0 Å². The maximum Gasteiger partial charge on any atom is 0.231 e. The standard InChI is InChI=1S/C24H28N2O5/c1-4-25-9-11-26(12-10-25)15-19-20(27)8-7-18-23(28)22(31-24(18)19)13-16-5-6-17(29-2)14-21(16)30-3/h5-8,13-14,27H,4,9-12,15H2,1-3H3/p+2/b22-13-. The molecule has 1 saturated heterocycles. The largest absolute Gasteiger partial charge is 0.507 e. The van der Waals surface area contributed by atoms with Crippen molar-refractivity contribution in [3.63, 3.8) is 0 Å². The number of Topliss-reactive ketones (excluding diaryl/α,β-unsaturated/α-hetero) is 1. The number of fused-ring (bicyclic) bond motifs is 1. The van der Waals surface area contributed by atoms with Crippen molar-refractivity contribution in [3.05, 3.63) is 52.8 Å². The highest BCUT2D eigenvalue weighted by Gasteiger charge is 2.33. The zero-order valence-electron chi connectivity index (χ0n) is 18.3. The molecular weight excluding hydrogens is 396 g/mol. The Hall–Kier alpha value is -3.03. The molecule has 4 rings (SSSR count). The van der Waals surface area contributed by atoms with Crippen LogP contribution < -0.4 is 24.0 Å². The van der Waals surface area contributed by atoms with E-state index in [1.54, 1.807) is 49.5 Å². The third-order valence-corrected chi connectivity index (χ3v) is 6.23. The summed E-state index contributed by atoms with van der Waals surface area (Å²) in [5, 5.41) is 10.5. The van der Waals surface area contributed by atoms with E-state index < -0.39 is 0 Å². The number of carbonyl (C=O) groups excluding carboxylic acids is 1. The van der Waals surface area contributed by atoms with E-state index in [-0.39, 0.29) is 17.3 Å². The Balaban J connectivity index is 1.61. The molecule has 0 aromatic heterocycles. The van der Waals surface area contributed by atoms with Gasteiger partial charge >= 0.3 is 0 Å². The third-order valence-electron chi connectivity index (χ3n) is 6.23. The lowest BCUT2D eigenvalue weighted by Gasteiger charge is -2.29. The molecular formula is C24H30N2O5+2. The topological polar surface area (TPSA) is 73.9 Å². The molecule has 2 aliphatic heterocycles. The number of hydrogen-bond donors (Lipinski definition) is 3. The van der Waals surface area contributed by atoms with Crippen LogP contribution in [0, 0.1) is 0 Å². The van der Waals surface area contributed by atoms with Crippen LogP contribution in [0.25, 0.3) is 6.08 Å². The molecule has 164 valence electrons. The fraction of sp³-hybridized carbons (Fsp3) is 0.375. The summed E-state index contributed by atoms with van der Waals surface area (Å²) in [5.41, 5.74) is 1.91. The number of aromatic hydroxyl groups is 1. The number of likely N-dealkylation sites (N-methyl/N-ethyl adjacent to an activating group) is 1. The van der Waals surface area contributed by atoms with Crippen molar-refractivity contribution in [1.82, 2.24) is 0 Å². The summed E-state index contributed by atoms with van der Waals surface area (Å²) in [4.78, 5) is 16.0. The normalized spacial score (nSPS) is 21.6. The molecule has 0 spiro atoms. The summed E-state index contributed by atoms with van der Waals surface area (Å²) >= 11 is 0. The molecule has 0 saturated carbocycles. The van der Waals surface area contributed by atoms with Crippen LogP contribution in [0.5, 0.6) is 23.0 Å². The molecule has 2 aliphatic rings. The van der Waals surface area contributed by atoms with Crippen molar-refractivity contribution in [2.75, 3.05) is 46.9 Å². The van der Waals surface area contributed by atoms with Gasteiger partial charge in [0.15, 0.2) is 11.5 Å². The fourth-order valence-corrected chi connectivity index (χ4v) is 4.28. The number of phenolic OH excluding ortho intramolecular Hbond substituents is 1. The molecule has 0 atom stereocenters. The lowest BCUT2D eigenvalue weighted by atomic mass is 10.0. The number of hydrogen-bond acceptors (Lipinski definition) is 5. The molecule has 0 unspecified atom stereocenters. The van der Waals surface area contributed by atoms with Gasteiger partial charge in [-0.1, -0.05) is 0 Å². The van der Waals surface area contributed by atoms with E-state index >= 15 is 0 Å². The van der Waals surface area contributed by atoms with Gasteiger partial charge in [0.2, 0.25) is 5.78 Å². The highest BCUT2D eigenvalue weighted by atomic mass is 16.5. The lowest BCUT2D eigenvalue weighted by Crippen LogP contribution is -3.27. The van der Waals surface area contributed by atoms with Crippen molar-refractivity contribution in [2.24, 2.45) is 0 Å². The Morgan fingerprint density at radius 2 is 1.81 bits per heavy atom. The second-order valence-corrected chi connectivity index (χ2v) is 8.02. The second-order valence-electron chi connectivity index (χ2n) is 8.02. The average molecular weight is 427 g/mol. The Kier molecular flexibility index (Phi) is 6.15. The molecule has 3 N–H and O–H groups in total. The first-order valence-corrected chi connectivity index (χ1v) is 10.7. The van der Waals surface area contributed by atoms with E-state index in [2.05, 4.69) is 6.92 Å². The average Bonchev–Trinajstić information content (AvgIpc) is 3.11. The van der Waals surface area contributed by atoms with Gasteiger partial charge in [-0.3, -0.25) is 4.79 Å². The van der Waals surface area contributed by atoms with E-state index in [4.69, 9.17) is 14.2 Å². The summed E-state index contributed by atoms with van der Waals surface area (Å²) in [6.45, 7) is 8.28. The van der Waals surface area contributed by atoms with E-state index in [0.29, 0.717) is 34.9 Å². The van der Waals surface area contributed by atoms with Crippen LogP contribution >= 0.6 is 0 Å². The minimum atomic E-state index is -0.190. The molecule has 2 aromatic carbocycles. The van der Waals surface area contributed by atoms with Gasteiger partial charge < -0.3 is 29.1 Å². The number of benzene rings is 2. The zero-order chi connectivity index (χ0) is 22.0. The number of piperazine rings is 1. The van der Waals surface area contributed by atoms with Crippen molar-refractivity contribution < 1.29 is 33.9 Å². The van der Waals surface area contributed by atoms with Gasteiger partial charge in [-0.25, -0.2) is 0 Å². The van der Waals surface area contributed by atoms with Crippen LogP contribution in [0.2, 0.25) is 0 Å². The minimum absolute atomic E-state index is 0.174. The molecule has 2 heterocycles. The van der Waals surface area contributed by atoms with Gasteiger partial charge in [0.25, 0.3) is 0 Å². The molecule has 2 aromatic rings. The third kappa shape index (κ3) is 4.24. The van der Waals surface area contributed by atoms with E-state index in [0.717, 1.165) is 38.3 Å². The molecule has 0 radical (unpaired) electrons. The lowest BCUT2D eigenvalue weighted by molar-refractivity contribution is -1.02. The highest BCUT2D eigenvalue weighted by Crippen LogP contribution is 2.39. The monoisotopic (exact) mass is 426 g/mol. The molecule has 0 amide bonds. The number of methoxy groups -OCH3 is 2. The minimum Gasteiger partial charge on any atom is -0.507 e. The van der Waals surface area contributed by atoms with Crippen LogP contribution in [-0.4, -0.2) is 57.8 Å². The van der Waals surface area contributed by atoms with Gasteiger partial charge in [-0.2, -0.15) is 0 Å². The van der Waals surface area contributed by atoms with Gasteiger partial charge in [0.05, 0.1) is 31.9 Å². The highest BCUT2D eigenvalue weighted by molar-refractivity contribution is 6.15.